The summed E-state index contributed by atoms with van der Waals surface area (Å²) in [6, 6.07) is 15.2. The molecule has 36 heavy (non-hydrogen) atoms. The van der Waals surface area contributed by atoms with Gasteiger partial charge in [-0.25, -0.2) is 14.6 Å². The van der Waals surface area contributed by atoms with Gasteiger partial charge in [0.2, 0.25) is 0 Å². The number of amides is 3. The standard InChI is InChI=1S/C24H15BrCl2FN3O3S2/c25-15-3-8-20(34-12-13-1-4-16(28)5-2-13)14(9-15)10-21-22(32)31(24(35)36-21)30-23(33)29-17-6-7-18(26)19(27)11-17/h1-11H,12H2,(H2,29,30,33)/b21-10-. The number of halogens is 4. The van der Waals surface area contributed by atoms with E-state index < -0.39 is 11.9 Å². The summed E-state index contributed by atoms with van der Waals surface area (Å²) >= 11 is 21.6. The second kappa shape index (κ2) is 11.6. The van der Waals surface area contributed by atoms with Gasteiger partial charge in [-0.1, -0.05) is 63.0 Å². The van der Waals surface area contributed by atoms with Gasteiger partial charge < -0.3 is 10.1 Å². The Morgan fingerprint density at radius 1 is 1.11 bits per heavy atom. The number of nitrogens with one attached hydrogen (secondary N) is 2. The molecule has 1 fully saturated rings. The number of nitrogens with zero attached hydrogens (tertiary/aromatic N) is 1. The number of urea groups is 1. The zero-order valence-corrected chi connectivity index (χ0v) is 22.8. The van der Waals surface area contributed by atoms with E-state index in [1.165, 1.54) is 24.3 Å². The van der Waals surface area contributed by atoms with Crippen molar-refractivity contribution in [2.24, 2.45) is 0 Å². The highest BCUT2D eigenvalue weighted by atomic mass is 79.9. The Kier molecular flexibility index (Phi) is 8.53. The molecule has 3 aromatic rings. The van der Waals surface area contributed by atoms with Crippen molar-refractivity contribution in [1.29, 1.82) is 0 Å². The number of thiocarbonyl (C=S) groups is 1. The molecule has 0 aliphatic carbocycles. The summed E-state index contributed by atoms with van der Waals surface area (Å²) in [6.07, 6.45) is 1.63. The summed E-state index contributed by atoms with van der Waals surface area (Å²) in [7, 11) is 0. The Hall–Kier alpha value is -2.63. The number of rotatable bonds is 6. The van der Waals surface area contributed by atoms with Gasteiger partial charge in [0.05, 0.1) is 15.0 Å². The van der Waals surface area contributed by atoms with E-state index in [-0.39, 0.29) is 21.8 Å². The largest absolute Gasteiger partial charge is 0.488 e. The zero-order valence-electron chi connectivity index (χ0n) is 18.1. The fourth-order valence-corrected chi connectivity index (χ4v) is 4.89. The molecule has 1 aliphatic heterocycles. The van der Waals surface area contributed by atoms with Gasteiger partial charge >= 0.3 is 6.03 Å². The maximum absolute atomic E-state index is 13.2. The Morgan fingerprint density at radius 3 is 2.58 bits per heavy atom. The molecule has 0 radical (unpaired) electrons. The quantitative estimate of drug-likeness (QED) is 0.220. The third-order valence-electron chi connectivity index (χ3n) is 4.75. The van der Waals surface area contributed by atoms with Crippen molar-refractivity contribution in [2.45, 2.75) is 6.61 Å². The van der Waals surface area contributed by atoms with Gasteiger partial charge in [0.1, 0.15) is 18.2 Å². The number of ether oxygens (including phenoxy) is 1. The lowest BCUT2D eigenvalue weighted by molar-refractivity contribution is -0.123. The maximum atomic E-state index is 13.2. The summed E-state index contributed by atoms with van der Waals surface area (Å²) in [5.74, 6) is -0.318. The first-order valence-corrected chi connectivity index (χ1v) is 12.9. The van der Waals surface area contributed by atoms with Gasteiger partial charge in [-0.3, -0.25) is 4.79 Å². The van der Waals surface area contributed by atoms with Crippen LogP contribution in [0, 0.1) is 5.82 Å². The second-order valence-corrected chi connectivity index (χ2v) is 10.7. The minimum Gasteiger partial charge on any atom is -0.488 e. The summed E-state index contributed by atoms with van der Waals surface area (Å²) in [6.45, 7) is 0.208. The van der Waals surface area contributed by atoms with Crippen LogP contribution in [0.3, 0.4) is 0 Å². The van der Waals surface area contributed by atoms with Crippen LogP contribution in [0.4, 0.5) is 14.9 Å². The number of hydrogen-bond donors (Lipinski definition) is 2. The van der Waals surface area contributed by atoms with Gasteiger partial charge in [0.15, 0.2) is 4.32 Å². The van der Waals surface area contributed by atoms with Crippen LogP contribution in [0.1, 0.15) is 11.1 Å². The summed E-state index contributed by atoms with van der Waals surface area (Å²) in [5, 5.41) is 4.17. The van der Waals surface area contributed by atoms with Gasteiger partial charge in [0.25, 0.3) is 5.91 Å². The minimum atomic E-state index is -0.684. The van der Waals surface area contributed by atoms with Crippen molar-refractivity contribution in [3.05, 3.63) is 97.0 Å². The lowest BCUT2D eigenvalue weighted by atomic mass is 10.1. The van der Waals surface area contributed by atoms with Crippen LogP contribution < -0.4 is 15.5 Å². The van der Waals surface area contributed by atoms with Gasteiger partial charge in [-0.2, -0.15) is 5.01 Å². The molecule has 0 spiro atoms. The molecule has 3 amide bonds. The van der Waals surface area contributed by atoms with Crippen molar-refractivity contribution < 1.29 is 18.7 Å². The first-order chi connectivity index (χ1) is 17.2. The number of hydrogen-bond acceptors (Lipinski definition) is 5. The van der Waals surface area contributed by atoms with Crippen molar-refractivity contribution >= 4 is 91.1 Å². The van der Waals surface area contributed by atoms with E-state index in [9.17, 15) is 14.0 Å². The first-order valence-electron chi connectivity index (χ1n) is 10.2. The molecular formula is C24H15BrCl2FN3O3S2. The molecule has 184 valence electrons. The fourth-order valence-electron chi connectivity index (χ4n) is 3.05. The summed E-state index contributed by atoms with van der Waals surface area (Å²) in [4.78, 5) is 25.7. The van der Waals surface area contributed by atoms with E-state index in [1.807, 2.05) is 0 Å². The second-order valence-electron chi connectivity index (χ2n) is 7.31. The number of carbonyl (C=O) groups is 2. The van der Waals surface area contributed by atoms with Crippen LogP contribution in [-0.4, -0.2) is 21.3 Å². The van der Waals surface area contributed by atoms with Gasteiger partial charge in [-0.15, -0.1) is 0 Å². The highest BCUT2D eigenvalue weighted by Gasteiger charge is 2.34. The van der Waals surface area contributed by atoms with E-state index in [0.717, 1.165) is 26.8 Å². The average Bonchev–Trinajstić information content (AvgIpc) is 3.09. The molecule has 4 rings (SSSR count). The SMILES string of the molecule is O=C(Nc1ccc(Cl)c(Cl)c1)NN1C(=O)/C(=C/c2cc(Br)ccc2OCc2ccc(F)cc2)SC1=S. The molecule has 1 aliphatic rings. The molecular weight excluding hydrogens is 612 g/mol. The number of carbonyl (C=O) groups excluding carboxylic acids is 2. The van der Waals surface area contributed by atoms with E-state index in [1.54, 1.807) is 42.5 Å². The van der Waals surface area contributed by atoms with Crippen LogP contribution in [0.25, 0.3) is 6.08 Å². The van der Waals surface area contributed by atoms with Crippen LogP contribution in [-0.2, 0) is 11.4 Å². The Bertz CT molecular complexity index is 1390. The third kappa shape index (κ3) is 6.57. The molecule has 6 nitrogen and oxygen atoms in total. The molecule has 0 unspecified atom stereocenters. The molecule has 0 aromatic heterocycles. The van der Waals surface area contributed by atoms with Crippen molar-refractivity contribution in [2.75, 3.05) is 5.32 Å². The first kappa shape index (κ1) is 26.4. The van der Waals surface area contributed by atoms with Gasteiger partial charge in [0, 0.05) is 15.7 Å². The number of benzene rings is 3. The van der Waals surface area contributed by atoms with E-state index >= 15 is 0 Å². The molecule has 2 N–H and O–H groups in total. The predicted molar refractivity (Wildman–Crippen MR) is 149 cm³/mol. The maximum Gasteiger partial charge on any atom is 0.338 e. The van der Waals surface area contributed by atoms with E-state index in [4.69, 9.17) is 40.2 Å². The monoisotopic (exact) mass is 625 g/mol. The van der Waals surface area contributed by atoms with Gasteiger partial charge in [-0.05, 0) is 72.4 Å². The Labute approximate surface area is 233 Å². The number of thioether (sulfide) groups is 1. The van der Waals surface area contributed by atoms with Crippen molar-refractivity contribution in [3.63, 3.8) is 0 Å². The van der Waals surface area contributed by atoms with Crippen LogP contribution in [0.2, 0.25) is 10.0 Å². The molecule has 12 heteroatoms. The lowest BCUT2D eigenvalue weighted by Crippen LogP contribution is -2.46. The predicted octanol–water partition coefficient (Wildman–Crippen LogP) is 7.41. The highest BCUT2D eigenvalue weighted by molar-refractivity contribution is 9.10. The fraction of sp³-hybridized carbons (Fsp3) is 0.0417. The average molecular weight is 627 g/mol. The number of anilines is 1. The minimum absolute atomic E-state index is 0.152. The molecule has 0 atom stereocenters. The lowest BCUT2D eigenvalue weighted by Gasteiger charge is -2.16. The normalized spacial score (nSPS) is 14.3. The highest BCUT2D eigenvalue weighted by Crippen LogP contribution is 2.34. The third-order valence-corrected chi connectivity index (χ3v) is 7.28. The van der Waals surface area contributed by atoms with Crippen LogP contribution in [0.5, 0.6) is 5.75 Å². The molecule has 0 bridgehead atoms. The zero-order chi connectivity index (χ0) is 25.8. The molecule has 3 aromatic carbocycles. The summed E-state index contributed by atoms with van der Waals surface area (Å²) in [5.41, 5.74) is 4.23. The van der Waals surface area contributed by atoms with E-state index in [0.29, 0.717) is 26.9 Å². The van der Waals surface area contributed by atoms with Crippen LogP contribution in [0.15, 0.2) is 70.0 Å². The number of hydrazine groups is 1. The Morgan fingerprint density at radius 2 is 1.86 bits per heavy atom. The molecule has 0 saturated carbocycles. The van der Waals surface area contributed by atoms with Crippen LogP contribution >= 0.6 is 63.1 Å². The molecule has 1 saturated heterocycles. The van der Waals surface area contributed by atoms with E-state index in [2.05, 4.69) is 26.7 Å². The molecule has 1 heterocycles. The van der Waals surface area contributed by atoms with Crippen molar-refractivity contribution in [1.82, 2.24) is 10.4 Å². The topological polar surface area (TPSA) is 70.7 Å². The smallest absolute Gasteiger partial charge is 0.338 e. The van der Waals surface area contributed by atoms with Crippen molar-refractivity contribution in [3.8, 4) is 5.75 Å². The Balaban J connectivity index is 1.47. The summed E-state index contributed by atoms with van der Waals surface area (Å²) < 4.78 is 20.0.